The average molecular weight is 302 g/mol. The molecule has 6 heteroatoms. The van der Waals surface area contributed by atoms with Gasteiger partial charge in [0, 0.05) is 25.4 Å². The lowest BCUT2D eigenvalue weighted by Crippen LogP contribution is -2.49. The van der Waals surface area contributed by atoms with Gasteiger partial charge in [-0.05, 0) is 25.7 Å². The Bertz CT molecular complexity index is 420. The normalized spacial score (nSPS) is 23.4. The molecule has 0 aromatic carbocycles. The van der Waals surface area contributed by atoms with Gasteiger partial charge in [-0.25, -0.2) is 13.2 Å². The average Bonchev–Trinajstić information content (AvgIpc) is 2.66. The molecule has 1 saturated carbocycles. The topological polar surface area (TPSA) is 66.5 Å². The Balaban J connectivity index is 1.79. The smallest absolute Gasteiger partial charge is 0.317 e. The third-order valence-corrected chi connectivity index (χ3v) is 6.20. The van der Waals surface area contributed by atoms with Crippen molar-refractivity contribution in [3.63, 3.8) is 0 Å². The van der Waals surface area contributed by atoms with Crippen LogP contribution < -0.4 is 5.32 Å². The second-order valence-corrected chi connectivity index (χ2v) is 8.48. The molecule has 20 heavy (non-hydrogen) atoms. The number of carbonyl (C=O) groups excluding carboxylic acids is 1. The van der Waals surface area contributed by atoms with Crippen molar-refractivity contribution >= 4 is 15.9 Å². The molecule has 1 N–H and O–H groups in total. The first-order valence-electron chi connectivity index (χ1n) is 7.71. The SMILES string of the molecule is CS(=O)(=O)C1CCN(C(=O)NC2CCCCCC2)CC1. The maximum atomic E-state index is 12.2. The molecule has 116 valence electrons. The zero-order valence-corrected chi connectivity index (χ0v) is 13.1. The summed E-state index contributed by atoms with van der Waals surface area (Å²) >= 11 is 0. The van der Waals surface area contributed by atoms with E-state index in [1.165, 1.54) is 31.9 Å². The molecule has 2 fully saturated rings. The van der Waals surface area contributed by atoms with E-state index in [0.29, 0.717) is 32.0 Å². The van der Waals surface area contributed by atoms with Crippen molar-refractivity contribution < 1.29 is 13.2 Å². The van der Waals surface area contributed by atoms with Crippen LogP contribution in [-0.2, 0) is 9.84 Å². The van der Waals surface area contributed by atoms with Crippen molar-refractivity contribution in [3.05, 3.63) is 0 Å². The quantitative estimate of drug-likeness (QED) is 0.793. The first kappa shape index (κ1) is 15.6. The second-order valence-electron chi connectivity index (χ2n) is 6.15. The number of rotatable bonds is 2. The molecule has 0 radical (unpaired) electrons. The van der Waals surface area contributed by atoms with Crippen LogP contribution in [0.5, 0.6) is 0 Å². The molecular formula is C14H26N2O3S. The van der Waals surface area contributed by atoms with Gasteiger partial charge in [0.25, 0.3) is 0 Å². The van der Waals surface area contributed by atoms with Crippen molar-refractivity contribution in [2.45, 2.75) is 62.7 Å². The summed E-state index contributed by atoms with van der Waals surface area (Å²) in [5, 5.41) is 2.85. The molecule has 1 aliphatic heterocycles. The number of hydrogen-bond acceptors (Lipinski definition) is 3. The zero-order valence-electron chi connectivity index (χ0n) is 12.3. The Morgan fingerprint density at radius 1 is 1.00 bits per heavy atom. The third kappa shape index (κ3) is 4.36. The molecule has 2 rings (SSSR count). The van der Waals surface area contributed by atoms with Gasteiger partial charge in [-0.15, -0.1) is 0 Å². The molecule has 0 atom stereocenters. The fraction of sp³-hybridized carbons (Fsp3) is 0.929. The molecule has 5 nitrogen and oxygen atoms in total. The van der Waals surface area contributed by atoms with Crippen LogP contribution in [0.1, 0.15) is 51.4 Å². The molecule has 0 aromatic rings. The molecule has 0 spiro atoms. The highest BCUT2D eigenvalue weighted by molar-refractivity contribution is 7.91. The van der Waals surface area contributed by atoms with Crippen LogP contribution >= 0.6 is 0 Å². The van der Waals surface area contributed by atoms with E-state index in [1.807, 2.05) is 0 Å². The minimum absolute atomic E-state index is 0.0103. The highest BCUT2D eigenvalue weighted by atomic mass is 32.2. The van der Waals surface area contributed by atoms with Crippen LogP contribution in [0.25, 0.3) is 0 Å². The number of likely N-dealkylation sites (tertiary alicyclic amines) is 1. The first-order valence-corrected chi connectivity index (χ1v) is 9.66. The standard InChI is InChI=1S/C14H26N2O3S/c1-20(18,19)13-8-10-16(11-9-13)14(17)15-12-6-4-2-3-5-7-12/h12-13H,2-11H2,1H3,(H,15,17). The number of hydrogen-bond donors (Lipinski definition) is 1. The summed E-state index contributed by atoms with van der Waals surface area (Å²) < 4.78 is 23.0. The van der Waals surface area contributed by atoms with Gasteiger partial charge in [0.2, 0.25) is 0 Å². The largest absolute Gasteiger partial charge is 0.335 e. The van der Waals surface area contributed by atoms with Gasteiger partial charge < -0.3 is 10.2 Å². The molecule has 0 unspecified atom stereocenters. The lowest BCUT2D eigenvalue weighted by Gasteiger charge is -2.32. The van der Waals surface area contributed by atoms with Gasteiger partial charge in [-0.2, -0.15) is 0 Å². The number of urea groups is 1. The van der Waals surface area contributed by atoms with Crippen molar-refractivity contribution in [2.75, 3.05) is 19.3 Å². The highest BCUT2D eigenvalue weighted by Gasteiger charge is 2.29. The summed E-state index contributed by atoms with van der Waals surface area (Å²) in [5.74, 6) is 0. The number of nitrogens with one attached hydrogen (secondary N) is 1. The van der Waals surface area contributed by atoms with Crippen LogP contribution in [0.15, 0.2) is 0 Å². The highest BCUT2D eigenvalue weighted by Crippen LogP contribution is 2.19. The molecule has 2 aliphatic rings. The molecule has 2 amide bonds. The number of carbonyl (C=O) groups is 1. The minimum Gasteiger partial charge on any atom is -0.335 e. The molecule has 0 bridgehead atoms. The van der Waals surface area contributed by atoms with Gasteiger partial charge in [-0.1, -0.05) is 25.7 Å². The molecule has 1 heterocycles. The van der Waals surface area contributed by atoms with Crippen LogP contribution in [0, 0.1) is 0 Å². The summed E-state index contributed by atoms with van der Waals surface area (Å²) in [6, 6.07) is 0.293. The van der Waals surface area contributed by atoms with Crippen LogP contribution in [0.4, 0.5) is 4.79 Å². The van der Waals surface area contributed by atoms with E-state index in [2.05, 4.69) is 5.32 Å². The Hall–Kier alpha value is -0.780. The molecular weight excluding hydrogens is 276 g/mol. The van der Waals surface area contributed by atoms with E-state index in [4.69, 9.17) is 0 Å². The number of piperidine rings is 1. The fourth-order valence-corrected chi connectivity index (χ4v) is 4.24. The summed E-state index contributed by atoms with van der Waals surface area (Å²) in [6.45, 7) is 1.10. The summed E-state index contributed by atoms with van der Waals surface area (Å²) in [4.78, 5) is 14.0. The van der Waals surface area contributed by atoms with Crippen molar-refractivity contribution in [1.29, 1.82) is 0 Å². The summed E-state index contributed by atoms with van der Waals surface area (Å²) in [6.07, 6.45) is 9.50. The van der Waals surface area contributed by atoms with Crippen LogP contribution in [-0.4, -0.2) is 50.0 Å². The van der Waals surface area contributed by atoms with Gasteiger partial charge >= 0.3 is 6.03 Å². The third-order valence-electron chi connectivity index (χ3n) is 4.52. The predicted octanol–water partition coefficient (Wildman–Crippen LogP) is 1.93. The van der Waals surface area contributed by atoms with Gasteiger partial charge in [0.05, 0.1) is 5.25 Å². The van der Waals surface area contributed by atoms with Gasteiger partial charge in [0.1, 0.15) is 9.84 Å². The Morgan fingerprint density at radius 2 is 1.55 bits per heavy atom. The fourth-order valence-electron chi connectivity index (χ4n) is 3.18. The van der Waals surface area contributed by atoms with Crippen molar-refractivity contribution in [2.24, 2.45) is 0 Å². The van der Waals surface area contributed by atoms with Gasteiger partial charge in [0.15, 0.2) is 0 Å². The van der Waals surface area contributed by atoms with E-state index in [9.17, 15) is 13.2 Å². The van der Waals surface area contributed by atoms with Crippen LogP contribution in [0.3, 0.4) is 0 Å². The van der Waals surface area contributed by atoms with E-state index < -0.39 is 9.84 Å². The van der Waals surface area contributed by atoms with E-state index in [0.717, 1.165) is 12.8 Å². The second kappa shape index (κ2) is 6.78. The lowest BCUT2D eigenvalue weighted by atomic mass is 10.1. The number of sulfone groups is 1. The number of nitrogens with zero attached hydrogens (tertiary/aromatic N) is 1. The Morgan fingerprint density at radius 3 is 2.05 bits per heavy atom. The monoisotopic (exact) mass is 302 g/mol. The van der Waals surface area contributed by atoms with E-state index in [1.54, 1.807) is 4.90 Å². The lowest BCUT2D eigenvalue weighted by molar-refractivity contribution is 0.181. The minimum atomic E-state index is -2.97. The summed E-state index contributed by atoms with van der Waals surface area (Å²) in [7, 11) is -2.97. The van der Waals surface area contributed by atoms with Crippen LogP contribution in [0.2, 0.25) is 0 Å². The maximum Gasteiger partial charge on any atom is 0.317 e. The maximum absolute atomic E-state index is 12.2. The molecule has 1 aliphatic carbocycles. The van der Waals surface area contributed by atoms with Crippen molar-refractivity contribution in [3.8, 4) is 0 Å². The zero-order chi connectivity index (χ0) is 14.6. The predicted molar refractivity (Wildman–Crippen MR) is 79.5 cm³/mol. The van der Waals surface area contributed by atoms with Gasteiger partial charge in [-0.3, -0.25) is 0 Å². The Kier molecular flexibility index (Phi) is 5.29. The Labute approximate surface area is 122 Å². The molecule has 0 aromatic heterocycles. The number of amides is 2. The van der Waals surface area contributed by atoms with E-state index >= 15 is 0 Å². The summed E-state index contributed by atoms with van der Waals surface area (Å²) in [5.41, 5.74) is 0. The molecule has 1 saturated heterocycles. The van der Waals surface area contributed by atoms with Crippen molar-refractivity contribution in [1.82, 2.24) is 10.2 Å². The van der Waals surface area contributed by atoms with E-state index in [-0.39, 0.29) is 11.3 Å². The first-order chi connectivity index (χ1) is 9.47.